The number of carbonyl (C=O) groups is 1. The van der Waals surface area contributed by atoms with Crippen molar-refractivity contribution in [1.82, 2.24) is 0 Å². The predicted molar refractivity (Wildman–Crippen MR) is 43.0 cm³/mol. The Morgan fingerprint density at radius 3 is 2.64 bits per heavy atom. The largest absolute Gasteiger partial charge is 0.541 e. The molecule has 0 heterocycles. The highest BCUT2D eigenvalue weighted by Gasteiger charge is 1.94. The Morgan fingerprint density at radius 1 is 1.64 bits per heavy atom. The van der Waals surface area contributed by atoms with Crippen LogP contribution in [0.25, 0.3) is 0 Å². The van der Waals surface area contributed by atoms with Gasteiger partial charge in [0, 0.05) is 6.08 Å². The van der Waals surface area contributed by atoms with Crippen molar-refractivity contribution in [3.8, 4) is 0 Å². The second kappa shape index (κ2) is 5.73. The topological polar surface area (TPSA) is 35.5 Å². The van der Waals surface area contributed by atoms with Gasteiger partial charge in [-0.2, -0.15) is 0 Å². The zero-order chi connectivity index (χ0) is 8.69. The van der Waals surface area contributed by atoms with E-state index in [1.165, 1.54) is 13.2 Å². The molecule has 0 fully saturated rings. The van der Waals surface area contributed by atoms with Crippen molar-refractivity contribution in [3.05, 3.63) is 24.2 Å². The van der Waals surface area contributed by atoms with E-state index in [2.05, 4.69) is 11.3 Å². The van der Waals surface area contributed by atoms with Crippen LogP contribution >= 0.6 is 0 Å². The summed E-state index contributed by atoms with van der Waals surface area (Å²) in [6.07, 6.45) is 2.05. The molecule has 0 aromatic heterocycles. The minimum Gasteiger partial charge on any atom is -0.541 e. The van der Waals surface area contributed by atoms with Crippen molar-refractivity contribution >= 4 is 16.0 Å². The summed E-state index contributed by atoms with van der Waals surface area (Å²) < 4.78 is 9.67. The van der Waals surface area contributed by atoms with Crippen LogP contribution in [0.5, 0.6) is 0 Å². The van der Waals surface area contributed by atoms with Gasteiger partial charge in [-0.05, 0) is 6.55 Å². The van der Waals surface area contributed by atoms with Crippen molar-refractivity contribution in [2.24, 2.45) is 0 Å². The van der Waals surface area contributed by atoms with E-state index in [-0.39, 0.29) is 5.76 Å². The van der Waals surface area contributed by atoms with Crippen molar-refractivity contribution in [2.45, 2.75) is 6.55 Å². The average Bonchev–Trinajstić information content (AvgIpc) is 2.01. The van der Waals surface area contributed by atoms with Gasteiger partial charge in [0.05, 0.1) is 12.9 Å². The van der Waals surface area contributed by atoms with Gasteiger partial charge in [-0.25, -0.2) is 0 Å². The van der Waals surface area contributed by atoms with Crippen molar-refractivity contribution in [1.29, 1.82) is 0 Å². The van der Waals surface area contributed by atoms with Crippen molar-refractivity contribution in [3.63, 3.8) is 0 Å². The quantitative estimate of drug-likeness (QED) is 0.202. The lowest BCUT2D eigenvalue weighted by atomic mass is 10.4. The molecule has 0 rings (SSSR count). The zero-order valence-corrected chi connectivity index (χ0v) is 7.59. The molecule has 0 spiro atoms. The Bertz CT molecular complexity index is 175. The normalized spacial score (nSPS) is 10.5. The van der Waals surface area contributed by atoms with Gasteiger partial charge in [0.1, 0.15) is 0 Å². The summed E-state index contributed by atoms with van der Waals surface area (Å²) in [6.45, 7) is 5.42. The van der Waals surface area contributed by atoms with Gasteiger partial charge in [0.25, 0.3) is 0 Å². The fourth-order valence-corrected chi connectivity index (χ4v) is 0.781. The Hall–Kier alpha value is -1.03. The second-order valence-electron chi connectivity index (χ2n) is 1.64. The molecular formula is C7H10O3Si. The van der Waals surface area contributed by atoms with E-state index in [0.717, 1.165) is 0 Å². The maximum absolute atomic E-state index is 10.2. The number of rotatable bonds is 5. The number of hydrogen-bond acceptors (Lipinski definition) is 3. The molecule has 2 radical (unpaired) electrons. The summed E-state index contributed by atoms with van der Waals surface area (Å²) in [7, 11) is 1.74. The van der Waals surface area contributed by atoms with E-state index in [9.17, 15) is 4.79 Å². The number of carbonyl (C=O) groups excluding carboxylic acids is 1. The highest BCUT2D eigenvalue weighted by Crippen LogP contribution is 1.99. The summed E-state index contributed by atoms with van der Waals surface area (Å²) in [4.78, 5) is 10.2. The minimum absolute atomic E-state index is 0.216. The first-order chi connectivity index (χ1) is 5.24. The Kier molecular flexibility index (Phi) is 5.19. The summed E-state index contributed by atoms with van der Waals surface area (Å²) in [5.74, 6) is 0.656. The third-order valence-electron chi connectivity index (χ3n) is 0.888. The predicted octanol–water partition coefficient (Wildman–Crippen LogP) is 0.913. The lowest BCUT2D eigenvalue weighted by molar-refractivity contribution is -0.107. The molecule has 0 amide bonds. The molecule has 0 N–H and O–H groups in total. The van der Waals surface area contributed by atoms with Gasteiger partial charge in [0.15, 0.2) is 12.0 Å². The lowest BCUT2D eigenvalue weighted by Gasteiger charge is -2.01. The van der Waals surface area contributed by atoms with Gasteiger partial charge in [-0.3, -0.25) is 4.79 Å². The van der Waals surface area contributed by atoms with Crippen molar-refractivity contribution in [2.75, 3.05) is 7.11 Å². The number of aldehydes is 1. The molecule has 0 unspecified atom stereocenters. The molecule has 0 atom stereocenters. The average molecular weight is 170 g/mol. The van der Waals surface area contributed by atoms with Crippen LogP contribution in [-0.2, 0) is 14.0 Å². The molecule has 0 bridgehead atoms. The fourth-order valence-electron chi connectivity index (χ4n) is 0.460. The van der Waals surface area contributed by atoms with Crippen LogP contribution in [-0.4, -0.2) is 23.2 Å². The molecule has 0 aliphatic rings. The van der Waals surface area contributed by atoms with Gasteiger partial charge in [0.2, 0.25) is 0 Å². The van der Waals surface area contributed by atoms with Crippen LogP contribution in [0, 0.1) is 0 Å². The van der Waals surface area contributed by atoms with Crippen LogP contribution in [0.4, 0.5) is 0 Å². The zero-order valence-electron chi connectivity index (χ0n) is 6.59. The van der Waals surface area contributed by atoms with Crippen molar-refractivity contribution < 1.29 is 14.0 Å². The van der Waals surface area contributed by atoms with E-state index in [0.29, 0.717) is 21.8 Å². The Labute approximate surface area is 68.6 Å². The van der Waals surface area contributed by atoms with Crippen LogP contribution < -0.4 is 0 Å². The molecule has 0 aromatic rings. The minimum atomic E-state index is 0.216. The second-order valence-corrected chi connectivity index (χ2v) is 2.25. The first kappa shape index (κ1) is 9.97. The van der Waals surface area contributed by atoms with E-state index in [1.807, 2.05) is 6.55 Å². The summed E-state index contributed by atoms with van der Waals surface area (Å²) in [5.41, 5.74) is 0. The Morgan fingerprint density at radius 2 is 2.27 bits per heavy atom. The molecule has 3 nitrogen and oxygen atoms in total. The molecule has 0 aliphatic carbocycles. The Balaban J connectivity index is 4.03. The number of methoxy groups -OCH3 is 1. The highest BCUT2D eigenvalue weighted by molar-refractivity contribution is 6.25. The molecule has 4 heteroatoms. The smallest absolute Gasteiger partial charge is 0.307 e. The molecule has 0 saturated heterocycles. The molecular weight excluding hydrogens is 160 g/mol. The van der Waals surface area contributed by atoms with Gasteiger partial charge < -0.3 is 9.16 Å². The van der Waals surface area contributed by atoms with Crippen LogP contribution in [0.3, 0.4) is 0 Å². The van der Waals surface area contributed by atoms with E-state index < -0.39 is 0 Å². The maximum Gasteiger partial charge on any atom is 0.307 e. The van der Waals surface area contributed by atoms with Crippen LogP contribution in [0.2, 0.25) is 6.55 Å². The standard InChI is InChI=1S/C7H10O3Si/c1-6(10-11-3)4-7(5-8)9-2/h4-5H,1H2,2-3H3/b7-4-. The summed E-state index contributed by atoms with van der Waals surface area (Å²) >= 11 is 0. The lowest BCUT2D eigenvalue weighted by Crippen LogP contribution is -1.94. The van der Waals surface area contributed by atoms with Crippen LogP contribution in [0.15, 0.2) is 24.2 Å². The van der Waals surface area contributed by atoms with E-state index >= 15 is 0 Å². The first-order valence-electron chi connectivity index (χ1n) is 2.98. The molecule has 60 valence electrons. The fraction of sp³-hybridized carbons (Fsp3) is 0.286. The highest BCUT2D eigenvalue weighted by atomic mass is 28.2. The summed E-state index contributed by atoms with van der Waals surface area (Å²) in [5, 5.41) is 0. The van der Waals surface area contributed by atoms with Gasteiger partial charge in [-0.15, -0.1) is 0 Å². The van der Waals surface area contributed by atoms with Gasteiger partial charge >= 0.3 is 9.76 Å². The number of allylic oxidation sites excluding steroid dienone is 2. The van der Waals surface area contributed by atoms with Gasteiger partial charge in [-0.1, -0.05) is 6.58 Å². The monoisotopic (exact) mass is 170 g/mol. The first-order valence-corrected chi connectivity index (χ1v) is 4.38. The summed E-state index contributed by atoms with van der Waals surface area (Å²) in [6, 6.07) is 0. The number of ether oxygens (including phenoxy) is 1. The molecule has 0 saturated carbocycles. The van der Waals surface area contributed by atoms with E-state index in [1.54, 1.807) is 0 Å². The third kappa shape index (κ3) is 4.38. The molecule has 0 aromatic carbocycles. The third-order valence-corrected chi connectivity index (χ3v) is 1.35. The number of hydrogen-bond donors (Lipinski definition) is 0. The van der Waals surface area contributed by atoms with E-state index in [4.69, 9.17) is 4.43 Å². The maximum atomic E-state index is 10.2. The van der Waals surface area contributed by atoms with Crippen LogP contribution in [0.1, 0.15) is 0 Å². The SMILES string of the molecule is C=C(/C=C(/C=O)OC)O[Si]C. The molecule has 11 heavy (non-hydrogen) atoms. The molecule has 0 aliphatic heterocycles.